The monoisotopic (exact) mass is 443 g/mol. The molecular weight excluding hydrogens is 409 g/mol. The molecule has 8 nitrogen and oxygen atoms in total. The van der Waals surface area contributed by atoms with Crippen LogP contribution in [0.15, 0.2) is 23.2 Å². The van der Waals surface area contributed by atoms with Gasteiger partial charge in [0, 0.05) is 44.8 Å². The maximum atomic E-state index is 13.9. The fourth-order valence-corrected chi connectivity index (χ4v) is 4.49. The first kappa shape index (κ1) is 24.4. The van der Waals surface area contributed by atoms with Crippen molar-refractivity contribution in [2.45, 2.75) is 32.9 Å². The Kier molecular flexibility index (Phi) is 8.45. The molecule has 1 fully saturated rings. The zero-order valence-corrected chi connectivity index (χ0v) is 19.4. The molecule has 1 aliphatic heterocycles. The Balaban J connectivity index is 1.95. The number of piperazine rings is 1. The minimum atomic E-state index is -3.31. The number of aliphatic imine (C=N–C) groups is 1. The van der Waals surface area contributed by atoms with E-state index in [0.717, 1.165) is 50.5 Å². The van der Waals surface area contributed by atoms with E-state index in [9.17, 15) is 12.8 Å². The van der Waals surface area contributed by atoms with Gasteiger partial charge in [0.05, 0.1) is 19.9 Å². The lowest BCUT2D eigenvalue weighted by atomic mass is 10.1. The van der Waals surface area contributed by atoms with Crippen molar-refractivity contribution in [3.8, 4) is 5.75 Å². The number of rotatable bonds is 8. The van der Waals surface area contributed by atoms with Crippen molar-refractivity contribution in [1.29, 1.82) is 0 Å². The average Bonchev–Trinajstić information content (AvgIpc) is 2.64. The van der Waals surface area contributed by atoms with Crippen molar-refractivity contribution in [3.63, 3.8) is 0 Å². The average molecular weight is 444 g/mol. The third-order valence-electron chi connectivity index (χ3n) is 4.71. The summed E-state index contributed by atoms with van der Waals surface area (Å²) in [6.07, 6.45) is 1.15. The molecule has 0 bridgehead atoms. The summed E-state index contributed by atoms with van der Waals surface area (Å²) in [4.78, 5) is 9.10. The zero-order valence-electron chi connectivity index (χ0n) is 18.5. The van der Waals surface area contributed by atoms with Gasteiger partial charge in [-0.15, -0.1) is 0 Å². The lowest BCUT2D eigenvalue weighted by Gasteiger charge is -2.37. The third-order valence-corrected chi connectivity index (χ3v) is 5.64. The van der Waals surface area contributed by atoms with Crippen LogP contribution in [-0.2, 0) is 16.6 Å². The van der Waals surface area contributed by atoms with Crippen LogP contribution < -0.4 is 14.8 Å². The van der Waals surface area contributed by atoms with Gasteiger partial charge >= 0.3 is 0 Å². The predicted molar refractivity (Wildman–Crippen MR) is 118 cm³/mol. The summed E-state index contributed by atoms with van der Waals surface area (Å²) < 4.78 is 44.6. The van der Waals surface area contributed by atoms with Crippen LogP contribution >= 0.6 is 0 Å². The number of methoxy groups -OCH3 is 1. The summed E-state index contributed by atoms with van der Waals surface area (Å²) in [5, 5.41) is 3.29. The summed E-state index contributed by atoms with van der Waals surface area (Å²) in [7, 11) is -1.85. The second-order valence-electron chi connectivity index (χ2n) is 8.16. The molecule has 1 heterocycles. The number of sulfonamides is 1. The summed E-state index contributed by atoms with van der Waals surface area (Å²) in [5.74, 6) is 0.680. The highest BCUT2D eigenvalue weighted by atomic mass is 32.2. The SMILES string of the molecule is CCNC(=NCC(C)(C)NS(C)(=O)=O)N1CCN(Cc2ccc(OC)c(F)c2)CC1. The van der Waals surface area contributed by atoms with Crippen molar-refractivity contribution < 1.29 is 17.5 Å². The van der Waals surface area contributed by atoms with Crippen LogP contribution in [-0.4, -0.2) is 82.4 Å². The van der Waals surface area contributed by atoms with Crippen LogP contribution in [0.2, 0.25) is 0 Å². The van der Waals surface area contributed by atoms with Gasteiger partial charge in [0.1, 0.15) is 0 Å². The van der Waals surface area contributed by atoms with Crippen LogP contribution in [0, 0.1) is 5.82 Å². The van der Waals surface area contributed by atoms with Gasteiger partial charge in [-0.25, -0.2) is 17.5 Å². The van der Waals surface area contributed by atoms with E-state index in [0.29, 0.717) is 13.1 Å². The summed E-state index contributed by atoms with van der Waals surface area (Å²) in [6, 6.07) is 5.06. The zero-order chi connectivity index (χ0) is 22.4. The minimum Gasteiger partial charge on any atom is -0.494 e. The van der Waals surface area contributed by atoms with Gasteiger partial charge in [-0.3, -0.25) is 9.89 Å². The van der Waals surface area contributed by atoms with Crippen molar-refractivity contribution in [2.75, 3.05) is 52.6 Å². The van der Waals surface area contributed by atoms with E-state index >= 15 is 0 Å². The first-order valence-electron chi connectivity index (χ1n) is 10.1. The van der Waals surface area contributed by atoms with E-state index in [4.69, 9.17) is 4.74 Å². The molecule has 1 aromatic rings. The maximum absolute atomic E-state index is 13.9. The second-order valence-corrected chi connectivity index (χ2v) is 9.91. The number of benzene rings is 1. The smallest absolute Gasteiger partial charge is 0.209 e. The van der Waals surface area contributed by atoms with E-state index in [2.05, 4.69) is 24.8 Å². The Bertz CT molecular complexity index is 837. The first-order chi connectivity index (χ1) is 14.0. The van der Waals surface area contributed by atoms with Crippen LogP contribution in [0.25, 0.3) is 0 Å². The Morgan fingerprint density at radius 3 is 2.47 bits per heavy atom. The maximum Gasteiger partial charge on any atom is 0.209 e. The quantitative estimate of drug-likeness (QED) is 0.465. The van der Waals surface area contributed by atoms with E-state index in [1.54, 1.807) is 6.07 Å². The van der Waals surface area contributed by atoms with Gasteiger partial charge in [0.25, 0.3) is 0 Å². The van der Waals surface area contributed by atoms with E-state index in [1.807, 2.05) is 26.8 Å². The number of guanidine groups is 1. The highest BCUT2D eigenvalue weighted by Crippen LogP contribution is 2.19. The van der Waals surface area contributed by atoms with Gasteiger partial charge < -0.3 is 15.0 Å². The van der Waals surface area contributed by atoms with Gasteiger partial charge in [-0.1, -0.05) is 6.07 Å². The van der Waals surface area contributed by atoms with Crippen molar-refractivity contribution in [3.05, 3.63) is 29.6 Å². The molecule has 0 amide bonds. The molecule has 170 valence electrons. The number of nitrogens with one attached hydrogen (secondary N) is 2. The van der Waals surface area contributed by atoms with Gasteiger partial charge in [0.2, 0.25) is 10.0 Å². The molecule has 0 atom stereocenters. The van der Waals surface area contributed by atoms with Crippen LogP contribution in [0.3, 0.4) is 0 Å². The Labute approximate surface area is 179 Å². The molecule has 0 aromatic heterocycles. The van der Waals surface area contributed by atoms with Gasteiger partial charge in [-0.05, 0) is 38.5 Å². The molecule has 0 radical (unpaired) electrons. The molecule has 1 aliphatic rings. The molecule has 0 spiro atoms. The molecule has 1 saturated heterocycles. The summed E-state index contributed by atoms with van der Waals surface area (Å²) >= 11 is 0. The highest BCUT2D eigenvalue weighted by molar-refractivity contribution is 7.88. The van der Waals surface area contributed by atoms with Crippen molar-refractivity contribution in [2.24, 2.45) is 4.99 Å². The number of hydrogen-bond acceptors (Lipinski definition) is 5. The topological polar surface area (TPSA) is 86.3 Å². The van der Waals surface area contributed by atoms with E-state index in [1.165, 1.54) is 13.2 Å². The van der Waals surface area contributed by atoms with E-state index < -0.39 is 15.6 Å². The number of nitrogens with zero attached hydrogens (tertiary/aromatic N) is 3. The minimum absolute atomic E-state index is 0.253. The highest BCUT2D eigenvalue weighted by Gasteiger charge is 2.24. The molecule has 2 N–H and O–H groups in total. The predicted octanol–water partition coefficient (Wildman–Crippen LogP) is 1.25. The van der Waals surface area contributed by atoms with Gasteiger partial charge in [-0.2, -0.15) is 0 Å². The van der Waals surface area contributed by atoms with Crippen LogP contribution in [0.5, 0.6) is 5.75 Å². The Morgan fingerprint density at radius 1 is 1.27 bits per heavy atom. The normalized spacial score (nSPS) is 16.6. The molecular formula is C20H34FN5O3S. The van der Waals surface area contributed by atoms with E-state index in [-0.39, 0.29) is 11.6 Å². The number of hydrogen-bond donors (Lipinski definition) is 2. The Hall–Kier alpha value is -1.91. The lowest BCUT2D eigenvalue weighted by Crippen LogP contribution is -2.53. The van der Waals surface area contributed by atoms with Crippen LogP contribution in [0.4, 0.5) is 4.39 Å². The summed E-state index contributed by atoms with van der Waals surface area (Å²) in [5.41, 5.74) is 0.241. The van der Waals surface area contributed by atoms with Crippen LogP contribution in [0.1, 0.15) is 26.3 Å². The molecule has 30 heavy (non-hydrogen) atoms. The fourth-order valence-electron chi connectivity index (χ4n) is 3.42. The largest absolute Gasteiger partial charge is 0.494 e. The molecule has 0 saturated carbocycles. The second kappa shape index (κ2) is 10.4. The Morgan fingerprint density at radius 2 is 1.93 bits per heavy atom. The van der Waals surface area contributed by atoms with Crippen molar-refractivity contribution >= 4 is 16.0 Å². The molecule has 0 aliphatic carbocycles. The molecule has 0 unspecified atom stereocenters. The fraction of sp³-hybridized carbons (Fsp3) is 0.650. The van der Waals surface area contributed by atoms with Gasteiger partial charge in [0.15, 0.2) is 17.5 Å². The molecule has 10 heteroatoms. The van der Waals surface area contributed by atoms with Crippen molar-refractivity contribution in [1.82, 2.24) is 19.8 Å². The molecule has 1 aromatic carbocycles. The standard InChI is InChI=1S/C20H34FN5O3S/c1-6-22-19(23-15-20(2,3)24-30(5,27)28)26-11-9-25(10-12-26)14-16-7-8-18(29-4)17(21)13-16/h7-8,13,24H,6,9-12,14-15H2,1-5H3,(H,22,23). The lowest BCUT2D eigenvalue weighted by molar-refractivity contribution is 0.172. The first-order valence-corrected chi connectivity index (χ1v) is 12.0. The molecule has 2 rings (SSSR count). The third kappa shape index (κ3) is 7.73. The number of halogens is 1. The number of ether oxygens (including phenoxy) is 1. The summed E-state index contributed by atoms with van der Waals surface area (Å²) in [6.45, 7) is 10.6.